The number of nitrogens with zero attached hydrogens (tertiary/aromatic N) is 4. The van der Waals surface area contributed by atoms with Gasteiger partial charge >= 0.3 is 0 Å². The number of likely N-dealkylation sites (tertiary alicyclic amines) is 1. The smallest absolute Gasteiger partial charge is 0.266 e. The minimum absolute atomic E-state index is 0.00290. The molecule has 8 heteroatoms. The first kappa shape index (κ1) is 16.0. The molecule has 1 N–H and O–H groups in total. The van der Waals surface area contributed by atoms with Gasteiger partial charge in [0.1, 0.15) is 4.88 Å². The molecule has 1 aliphatic heterocycles. The van der Waals surface area contributed by atoms with Gasteiger partial charge in [0, 0.05) is 30.7 Å². The number of hydrogen-bond donors (Lipinski definition) is 1. The van der Waals surface area contributed by atoms with Crippen LogP contribution in [0.15, 0.2) is 23.3 Å². The van der Waals surface area contributed by atoms with Gasteiger partial charge in [-0.05, 0) is 33.1 Å². The van der Waals surface area contributed by atoms with Crippen molar-refractivity contribution in [2.24, 2.45) is 0 Å². The predicted molar refractivity (Wildman–Crippen MR) is 95.0 cm³/mol. The van der Waals surface area contributed by atoms with Crippen molar-refractivity contribution in [3.63, 3.8) is 0 Å². The fraction of sp³-hybridized carbons (Fsp3) is 0.412. The van der Waals surface area contributed by atoms with E-state index in [1.165, 1.54) is 15.7 Å². The first-order valence-corrected chi connectivity index (χ1v) is 9.17. The molecule has 0 aliphatic carbocycles. The number of piperidine rings is 1. The van der Waals surface area contributed by atoms with Gasteiger partial charge in [-0.25, -0.2) is 9.97 Å². The highest BCUT2D eigenvalue weighted by atomic mass is 32.1. The summed E-state index contributed by atoms with van der Waals surface area (Å²) in [4.78, 5) is 39.7. The fourth-order valence-electron chi connectivity index (χ4n) is 3.48. The molecule has 7 nitrogen and oxygen atoms in total. The number of nitrogens with one attached hydrogen (secondary N) is 1. The molecule has 0 unspecified atom stereocenters. The number of imidazole rings is 1. The van der Waals surface area contributed by atoms with E-state index < -0.39 is 0 Å². The first-order chi connectivity index (χ1) is 12.0. The normalized spacial score (nSPS) is 18.0. The zero-order valence-corrected chi connectivity index (χ0v) is 15.0. The second kappa shape index (κ2) is 6.11. The number of aromatic amines is 1. The number of hydrogen-bond acceptors (Lipinski definition) is 5. The Balaban J connectivity index is 1.74. The van der Waals surface area contributed by atoms with Crippen LogP contribution in [0.3, 0.4) is 0 Å². The maximum absolute atomic E-state index is 13.1. The Morgan fingerprint density at radius 1 is 1.36 bits per heavy atom. The summed E-state index contributed by atoms with van der Waals surface area (Å²) in [5.74, 6) is 0.502. The molecule has 0 saturated carbocycles. The molecule has 1 amide bonds. The summed E-state index contributed by atoms with van der Waals surface area (Å²) in [6.45, 7) is 4.46. The molecule has 0 spiro atoms. The molecule has 4 rings (SSSR count). The van der Waals surface area contributed by atoms with Crippen molar-refractivity contribution in [1.82, 2.24) is 24.3 Å². The number of aromatic nitrogens is 4. The Kier molecular flexibility index (Phi) is 3.91. The van der Waals surface area contributed by atoms with E-state index in [-0.39, 0.29) is 17.5 Å². The largest absolute Gasteiger partial charge is 0.329 e. The first-order valence-electron chi connectivity index (χ1n) is 8.36. The standard InChI is InChI=1S/C17H19N5O2S/c1-10-15(25-11(2)19-10)16(24)21-7-4-3-5-13(21)12-9-14(23)22-8-6-18-17(22)20-12/h6,8-9,13H,3-5,7H2,1-2H3,(H,18,20)/t13-/m0/s1. The number of carbonyl (C=O) groups is 1. The summed E-state index contributed by atoms with van der Waals surface area (Å²) in [7, 11) is 0. The van der Waals surface area contributed by atoms with Crippen molar-refractivity contribution in [3.8, 4) is 0 Å². The van der Waals surface area contributed by atoms with Crippen LogP contribution in [0.2, 0.25) is 0 Å². The van der Waals surface area contributed by atoms with E-state index in [1.807, 2.05) is 18.7 Å². The fourth-order valence-corrected chi connectivity index (χ4v) is 4.36. The van der Waals surface area contributed by atoms with E-state index in [1.54, 1.807) is 18.5 Å². The SMILES string of the molecule is Cc1nc(C)c(C(=O)N2CCCC[C@H]2c2cc(=O)n3ccnc3[nH]2)s1. The van der Waals surface area contributed by atoms with Crippen molar-refractivity contribution in [2.75, 3.05) is 6.54 Å². The van der Waals surface area contributed by atoms with Crippen LogP contribution in [-0.2, 0) is 0 Å². The number of H-pyrrole nitrogens is 1. The average Bonchev–Trinajstić information content (AvgIpc) is 3.20. The Bertz CT molecular complexity index is 1000. The lowest BCUT2D eigenvalue weighted by atomic mass is 9.98. The van der Waals surface area contributed by atoms with Crippen LogP contribution in [0.5, 0.6) is 0 Å². The third kappa shape index (κ3) is 2.76. The summed E-state index contributed by atoms with van der Waals surface area (Å²) in [5, 5.41) is 0.890. The number of rotatable bonds is 2. The lowest BCUT2D eigenvalue weighted by Gasteiger charge is -2.35. The Hall–Kier alpha value is -2.48. The van der Waals surface area contributed by atoms with Crippen molar-refractivity contribution < 1.29 is 4.79 Å². The number of aryl methyl sites for hydroxylation is 2. The van der Waals surface area contributed by atoms with E-state index in [2.05, 4.69) is 15.0 Å². The summed E-state index contributed by atoms with van der Waals surface area (Å²) in [6, 6.07) is 1.44. The number of carbonyl (C=O) groups excluding carboxylic acids is 1. The maximum Gasteiger partial charge on any atom is 0.266 e. The van der Waals surface area contributed by atoms with Crippen LogP contribution >= 0.6 is 11.3 Å². The third-order valence-electron chi connectivity index (χ3n) is 4.63. The average molecular weight is 357 g/mol. The molecule has 130 valence electrons. The van der Waals surface area contributed by atoms with Gasteiger partial charge in [-0.15, -0.1) is 11.3 Å². The van der Waals surface area contributed by atoms with Crippen molar-refractivity contribution in [3.05, 3.63) is 50.1 Å². The predicted octanol–water partition coefficient (Wildman–Crippen LogP) is 2.46. The monoisotopic (exact) mass is 357 g/mol. The lowest BCUT2D eigenvalue weighted by Crippen LogP contribution is -2.39. The molecular weight excluding hydrogens is 338 g/mol. The Labute approximate surface area is 148 Å². The zero-order valence-electron chi connectivity index (χ0n) is 14.2. The Morgan fingerprint density at radius 2 is 2.20 bits per heavy atom. The van der Waals surface area contributed by atoms with Crippen molar-refractivity contribution in [2.45, 2.75) is 39.2 Å². The van der Waals surface area contributed by atoms with E-state index in [9.17, 15) is 9.59 Å². The molecule has 1 atom stereocenters. The molecule has 1 aliphatic rings. The van der Waals surface area contributed by atoms with Gasteiger partial charge in [0.2, 0.25) is 5.78 Å². The van der Waals surface area contributed by atoms with Gasteiger partial charge in [-0.1, -0.05) is 0 Å². The molecule has 25 heavy (non-hydrogen) atoms. The molecule has 1 fully saturated rings. The van der Waals surface area contributed by atoms with Crippen LogP contribution < -0.4 is 5.56 Å². The summed E-state index contributed by atoms with van der Waals surface area (Å²) >= 11 is 1.43. The quantitative estimate of drug-likeness (QED) is 0.764. The number of amides is 1. The van der Waals surface area contributed by atoms with Gasteiger partial charge < -0.3 is 9.88 Å². The number of thiazole rings is 1. The molecule has 3 aromatic rings. The molecule has 0 radical (unpaired) electrons. The highest BCUT2D eigenvalue weighted by Crippen LogP contribution is 2.32. The van der Waals surface area contributed by atoms with Crippen LogP contribution in [0.4, 0.5) is 0 Å². The van der Waals surface area contributed by atoms with Gasteiger partial charge in [0.05, 0.1) is 16.7 Å². The van der Waals surface area contributed by atoms with E-state index >= 15 is 0 Å². The van der Waals surface area contributed by atoms with Gasteiger partial charge in [0.25, 0.3) is 11.5 Å². The van der Waals surface area contributed by atoms with Crippen LogP contribution in [0, 0.1) is 13.8 Å². The van der Waals surface area contributed by atoms with E-state index in [0.717, 1.165) is 35.7 Å². The van der Waals surface area contributed by atoms with Crippen LogP contribution in [-0.4, -0.2) is 36.7 Å². The van der Waals surface area contributed by atoms with Crippen LogP contribution in [0.25, 0.3) is 5.78 Å². The Morgan fingerprint density at radius 3 is 2.96 bits per heavy atom. The second-order valence-corrected chi connectivity index (χ2v) is 7.54. The molecule has 4 heterocycles. The second-order valence-electron chi connectivity index (χ2n) is 6.34. The van der Waals surface area contributed by atoms with E-state index in [0.29, 0.717) is 17.2 Å². The summed E-state index contributed by atoms with van der Waals surface area (Å²) < 4.78 is 1.47. The zero-order chi connectivity index (χ0) is 17.6. The van der Waals surface area contributed by atoms with Crippen molar-refractivity contribution in [1.29, 1.82) is 0 Å². The van der Waals surface area contributed by atoms with Crippen molar-refractivity contribution >= 4 is 23.0 Å². The lowest BCUT2D eigenvalue weighted by molar-refractivity contribution is 0.0610. The number of fused-ring (bicyclic) bond motifs is 1. The molecule has 1 saturated heterocycles. The maximum atomic E-state index is 13.1. The van der Waals surface area contributed by atoms with Gasteiger partial charge in [-0.2, -0.15) is 0 Å². The minimum Gasteiger partial charge on any atom is -0.329 e. The molecule has 0 aromatic carbocycles. The highest BCUT2D eigenvalue weighted by Gasteiger charge is 2.31. The van der Waals surface area contributed by atoms with Crippen LogP contribution in [0.1, 0.15) is 51.4 Å². The van der Waals surface area contributed by atoms with Gasteiger partial charge in [0.15, 0.2) is 0 Å². The van der Waals surface area contributed by atoms with Gasteiger partial charge in [-0.3, -0.25) is 14.0 Å². The summed E-state index contributed by atoms with van der Waals surface area (Å²) in [6.07, 6.45) is 6.04. The highest BCUT2D eigenvalue weighted by molar-refractivity contribution is 7.13. The van der Waals surface area contributed by atoms with E-state index in [4.69, 9.17) is 0 Å². The molecule has 0 bridgehead atoms. The minimum atomic E-state index is -0.141. The summed E-state index contributed by atoms with van der Waals surface area (Å²) in [5.41, 5.74) is 1.38. The molecule has 3 aromatic heterocycles. The third-order valence-corrected chi connectivity index (χ3v) is 5.69. The molecular formula is C17H19N5O2S. The topological polar surface area (TPSA) is 83.4 Å².